The summed E-state index contributed by atoms with van der Waals surface area (Å²) in [5.41, 5.74) is 0.413. The Morgan fingerprint density at radius 3 is 2.50 bits per heavy atom. The minimum absolute atomic E-state index is 0.324. The SMILES string of the molecule is CC(C)(C)C1CCC(c2n[nH]c(CC#N)n2)CC1. The van der Waals surface area contributed by atoms with Gasteiger partial charge in [0.15, 0.2) is 5.82 Å². The molecule has 1 N–H and O–H groups in total. The van der Waals surface area contributed by atoms with Crippen LogP contribution in [0.1, 0.15) is 64.0 Å². The monoisotopic (exact) mass is 246 g/mol. The van der Waals surface area contributed by atoms with Crippen molar-refractivity contribution >= 4 is 0 Å². The highest BCUT2D eigenvalue weighted by atomic mass is 15.2. The van der Waals surface area contributed by atoms with Crippen LogP contribution in [0.4, 0.5) is 0 Å². The molecule has 0 bridgehead atoms. The van der Waals surface area contributed by atoms with E-state index < -0.39 is 0 Å². The molecule has 1 aromatic rings. The summed E-state index contributed by atoms with van der Waals surface area (Å²) >= 11 is 0. The fraction of sp³-hybridized carbons (Fsp3) is 0.786. The molecule has 1 fully saturated rings. The number of hydrogen-bond acceptors (Lipinski definition) is 3. The molecular formula is C14H22N4. The fourth-order valence-electron chi connectivity index (χ4n) is 2.86. The molecule has 4 heteroatoms. The van der Waals surface area contributed by atoms with Crippen molar-refractivity contribution in [1.29, 1.82) is 5.26 Å². The standard InChI is InChI=1S/C14H22N4/c1-14(2,3)11-6-4-10(5-7-11)13-16-12(8-9-15)17-18-13/h10-11H,4-8H2,1-3H3,(H,16,17,18). The first-order valence-corrected chi connectivity index (χ1v) is 6.79. The topological polar surface area (TPSA) is 65.4 Å². The Labute approximate surface area is 109 Å². The van der Waals surface area contributed by atoms with Gasteiger partial charge in [-0.1, -0.05) is 20.8 Å². The van der Waals surface area contributed by atoms with E-state index in [1.807, 2.05) is 0 Å². The van der Waals surface area contributed by atoms with Gasteiger partial charge < -0.3 is 0 Å². The zero-order valence-electron chi connectivity index (χ0n) is 11.5. The summed E-state index contributed by atoms with van der Waals surface area (Å²) in [6.45, 7) is 6.99. The predicted octanol–water partition coefficient (Wildman–Crippen LogP) is 3.19. The fourth-order valence-corrected chi connectivity index (χ4v) is 2.86. The van der Waals surface area contributed by atoms with Crippen LogP contribution in [-0.2, 0) is 6.42 Å². The van der Waals surface area contributed by atoms with E-state index in [1.54, 1.807) is 0 Å². The molecule has 1 aliphatic carbocycles. The minimum Gasteiger partial charge on any atom is -0.262 e. The Balaban J connectivity index is 1.95. The van der Waals surface area contributed by atoms with Crippen molar-refractivity contribution in [3.63, 3.8) is 0 Å². The molecule has 2 rings (SSSR count). The lowest BCUT2D eigenvalue weighted by molar-refractivity contribution is 0.167. The van der Waals surface area contributed by atoms with Gasteiger partial charge in [0.25, 0.3) is 0 Å². The first kappa shape index (κ1) is 13.1. The van der Waals surface area contributed by atoms with E-state index in [9.17, 15) is 0 Å². The predicted molar refractivity (Wildman–Crippen MR) is 69.9 cm³/mol. The van der Waals surface area contributed by atoms with Crippen LogP contribution in [0, 0.1) is 22.7 Å². The molecule has 1 aliphatic rings. The number of hydrogen-bond donors (Lipinski definition) is 1. The number of nitrogens with one attached hydrogen (secondary N) is 1. The molecule has 0 spiro atoms. The molecule has 0 aliphatic heterocycles. The highest BCUT2D eigenvalue weighted by molar-refractivity contribution is 5.03. The van der Waals surface area contributed by atoms with Crippen LogP contribution in [0.2, 0.25) is 0 Å². The van der Waals surface area contributed by atoms with Crippen LogP contribution in [0.5, 0.6) is 0 Å². The van der Waals surface area contributed by atoms with Crippen LogP contribution in [0.3, 0.4) is 0 Å². The number of aromatic nitrogens is 3. The van der Waals surface area contributed by atoms with Crippen LogP contribution < -0.4 is 0 Å². The van der Waals surface area contributed by atoms with E-state index in [-0.39, 0.29) is 0 Å². The van der Waals surface area contributed by atoms with Gasteiger partial charge in [-0.2, -0.15) is 10.4 Å². The zero-order chi connectivity index (χ0) is 13.2. The third-order valence-corrected chi connectivity index (χ3v) is 4.11. The summed E-state index contributed by atoms with van der Waals surface area (Å²) in [7, 11) is 0. The number of H-pyrrole nitrogens is 1. The molecule has 0 unspecified atom stereocenters. The third-order valence-electron chi connectivity index (χ3n) is 4.11. The van der Waals surface area contributed by atoms with E-state index >= 15 is 0 Å². The van der Waals surface area contributed by atoms with Gasteiger partial charge >= 0.3 is 0 Å². The highest BCUT2D eigenvalue weighted by Gasteiger charge is 2.31. The molecule has 1 heterocycles. The maximum atomic E-state index is 8.63. The molecule has 0 radical (unpaired) electrons. The molecule has 0 atom stereocenters. The Morgan fingerprint density at radius 2 is 1.94 bits per heavy atom. The second-order valence-electron chi connectivity index (χ2n) is 6.39. The molecule has 98 valence electrons. The average Bonchev–Trinajstić information content (AvgIpc) is 2.77. The lowest BCUT2D eigenvalue weighted by Crippen LogP contribution is -2.25. The van der Waals surface area contributed by atoms with Crippen molar-refractivity contribution in [3.05, 3.63) is 11.6 Å². The van der Waals surface area contributed by atoms with E-state index in [0.717, 1.165) is 11.7 Å². The number of nitriles is 1. The van der Waals surface area contributed by atoms with E-state index in [2.05, 4.69) is 42.0 Å². The van der Waals surface area contributed by atoms with Crippen LogP contribution in [0.15, 0.2) is 0 Å². The molecule has 1 saturated carbocycles. The number of rotatable bonds is 2. The average molecular weight is 246 g/mol. The summed E-state index contributed by atoms with van der Waals surface area (Å²) < 4.78 is 0. The van der Waals surface area contributed by atoms with Gasteiger partial charge in [0.1, 0.15) is 5.82 Å². The van der Waals surface area contributed by atoms with Gasteiger partial charge in [0, 0.05) is 5.92 Å². The molecule has 0 aromatic carbocycles. The molecule has 1 aromatic heterocycles. The molecule has 0 saturated heterocycles. The summed E-state index contributed by atoms with van der Waals surface area (Å²) in [5, 5.41) is 15.7. The smallest absolute Gasteiger partial charge is 0.153 e. The van der Waals surface area contributed by atoms with Crippen molar-refractivity contribution in [2.45, 2.75) is 58.8 Å². The zero-order valence-corrected chi connectivity index (χ0v) is 11.5. The first-order valence-electron chi connectivity index (χ1n) is 6.79. The van der Waals surface area contributed by atoms with Gasteiger partial charge in [-0.05, 0) is 37.0 Å². The summed E-state index contributed by atoms with van der Waals surface area (Å²) in [6, 6.07) is 2.09. The van der Waals surface area contributed by atoms with Crippen molar-refractivity contribution in [1.82, 2.24) is 15.2 Å². The Bertz CT molecular complexity index is 427. The van der Waals surface area contributed by atoms with Crippen LogP contribution >= 0.6 is 0 Å². The van der Waals surface area contributed by atoms with Crippen LogP contribution in [-0.4, -0.2) is 15.2 Å². The summed E-state index contributed by atoms with van der Waals surface area (Å²) in [6.07, 6.45) is 5.19. The quantitative estimate of drug-likeness (QED) is 0.871. The van der Waals surface area contributed by atoms with E-state index in [0.29, 0.717) is 23.6 Å². The largest absolute Gasteiger partial charge is 0.262 e. The molecule has 4 nitrogen and oxygen atoms in total. The Morgan fingerprint density at radius 1 is 1.28 bits per heavy atom. The van der Waals surface area contributed by atoms with Crippen molar-refractivity contribution < 1.29 is 0 Å². The maximum absolute atomic E-state index is 8.63. The van der Waals surface area contributed by atoms with E-state index in [4.69, 9.17) is 5.26 Å². The van der Waals surface area contributed by atoms with E-state index in [1.165, 1.54) is 25.7 Å². The van der Waals surface area contributed by atoms with Crippen molar-refractivity contribution in [3.8, 4) is 6.07 Å². The normalized spacial score (nSPS) is 24.8. The van der Waals surface area contributed by atoms with Crippen molar-refractivity contribution in [2.75, 3.05) is 0 Å². The highest BCUT2D eigenvalue weighted by Crippen LogP contribution is 2.42. The summed E-state index contributed by atoms with van der Waals surface area (Å²) in [4.78, 5) is 4.42. The van der Waals surface area contributed by atoms with Gasteiger partial charge in [-0.25, -0.2) is 4.98 Å². The molecule has 0 amide bonds. The lowest BCUT2D eigenvalue weighted by atomic mass is 9.70. The third kappa shape index (κ3) is 2.90. The van der Waals surface area contributed by atoms with Crippen molar-refractivity contribution in [2.24, 2.45) is 11.3 Å². The maximum Gasteiger partial charge on any atom is 0.153 e. The number of aromatic amines is 1. The second-order valence-corrected chi connectivity index (χ2v) is 6.39. The van der Waals surface area contributed by atoms with Crippen LogP contribution in [0.25, 0.3) is 0 Å². The van der Waals surface area contributed by atoms with Gasteiger partial charge in [0.05, 0.1) is 12.5 Å². The van der Waals surface area contributed by atoms with Gasteiger partial charge in [-0.15, -0.1) is 0 Å². The molecule has 18 heavy (non-hydrogen) atoms. The second kappa shape index (κ2) is 5.09. The minimum atomic E-state index is 0.324. The Kier molecular flexibility index (Phi) is 3.70. The lowest BCUT2D eigenvalue weighted by Gasteiger charge is -2.36. The summed E-state index contributed by atoms with van der Waals surface area (Å²) in [5.74, 6) is 2.90. The molecular weight excluding hydrogens is 224 g/mol. The number of nitrogens with zero attached hydrogens (tertiary/aromatic N) is 3. The Hall–Kier alpha value is -1.37. The first-order chi connectivity index (χ1) is 8.50. The van der Waals surface area contributed by atoms with Gasteiger partial charge in [0.2, 0.25) is 0 Å². The van der Waals surface area contributed by atoms with Gasteiger partial charge in [-0.3, -0.25) is 5.10 Å².